The lowest BCUT2D eigenvalue weighted by Gasteiger charge is -2.27. The minimum absolute atomic E-state index is 0.162. The van der Waals surface area contributed by atoms with Crippen molar-refractivity contribution >= 4 is 9.84 Å². The number of halogens is 2. The third-order valence-corrected chi connectivity index (χ3v) is 5.45. The Bertz CT molecular complexity index is 1130. The van der Waals surface area contributed by atoms with Gasteiger partial charge in [0.05, 0.1) is 17.6 Å². The summed E-state index contributed by atoms with van der Waals surface area (Å²) >= 11 is 0. The van der Waals surface area contributed by atoms with Crippen LogP contribution < -0.4 is 0 Å². The Morgan fingerprint density at radius 3 is 2.64 bits per heavy atom. The number of fused-ring (bicyclic) bond motifs is 1. The molecule has 2 aromatic heterocycles. The van der Waals surface area contributed by atoms with Crippen LogP contribution in [0.3, 0.4) is 0 Å². The maximum atomic E-state index is 13.6. The van der Waals surface area contributed by atoms with Crippen LogP contribution in [0.5, 0.6) is 0 Å². The predicted octanol–water partition coefficient (Wildman–Crippen LogP) is 2.11. The summed E-state index contributed by atoms with van der Waals surface area (Å²) in [5, 5.41) is 6.66. The summed E-state index contributed by atoms with van der Waals surface area (Å²) in [4.78, 5) is 10.2. The summed E-state index contributed by atoms with van der Waals surface area (Å²) in [6, 6.07) is 3.34. The molecule has 0 unspecified atom stereocenters. The Balaban J connectivity index is 1.55. The Labute approximate surface area is 160 Å². The fourth-order valence-corrected chi connectivity index (χ4v) is 3.81. The topological polar surface area (TPSA) is 91.8 Å². The highest BCUT2D eigenvalue weighted by atomic mass is 32.2. The summed E-state index contributed by atoms with van der Waals surface area (Å²) in [5.74, 6) is -1.30. The van der Waals surface area contributed by atoms with Crippen molar-refractivity contribution < 1.29 is 17.2 Å². The first-order valence-corrected chi connectivity index (χ1v) is 10.4. The van der Waals surface area contributed by atoms with Gasteiger partial charge in [-0.15, -0.1) is 0 Å². The summed E-state index contributed by atoms with van der Waals surface area (Å²) in [7, 11) is -3.44. The molecule has 10 heteroatoms. The fourth-order valence-electron chi connectivity index (χ4n) is 3.29. The van der Waals surface area contributed by atoms with E-state index >= 15 is 0 Å². The summed E-state index contributed by atoms with van der Waals surface area (Å²) < 4.78 is 50.3. The van der Waals surface area contributed by atoms with Crippen molar-refractivity contribution in [3.63, 3.8) is 0 Å². The van der Waals surface area contributed by atoms with E-state index in [1.807, 2.05) is 0 Å². The Kier molecular flexibility index (Phi) is 4.68. The SMILES string of the molecule is CS(=O)(=O)c1ncc2c(n1)CCN(Cc1cn[nH]c1-c1cc(F)cc(F)c1)C2. The standard InChI is InChI=1S/C18H17F2N5O2S/c1-28(26,27)18-21-7-12-9-25(3-2-16(12)23-18)10-13-8-22-24-17(13)11-4-14(19)6-15(20)5-11/h4-8H,2-3,9-10H2,1H3,(H,22,24). The Morgan fingerprint density at radius 2 is 1.93 bits per heavy atom. The second-order valence-corrected chi connectivity index (χ2v) is 8.70. The number of hydrogen-bond acceptors (Lipinski definition) is 6. The number of aromatic amines is 1. The van der Waals surface area contributed by atoms with E-state index in [4.69, 9.17) is 0 Å². The van der Waals surface area contributed by atoms with Crippen molar-refractivity contribution in [1.82, 2.24) is 25.1 Å². The van der Waals surface area contributed by atoms with E-state index in [0.717, 1.165) is 29.1 Å². The van der Waals surface area contributed by atoms with Gasteiger partial charge in [-0.05, 0) is 12.1 Å². The van der Waals surface area contributed by atoms with Crippen molar-refractivity contribution in [3.05, 3.63) is 59.0 Å². The molecule has 0 amide bonds. The van der Waals surface area contributed by atoms with E-state index in [2.05, 4.69) is 25.1 Å². The van der Waals surface area contributed by atoms with Crippen molar-refractivity contribution in [2.24, 2.45) is 0 Å². The summed E-state index contributed by atoms with van der Waals surface area (Å²) in [6.07, 6.45) is 4.85. The van der Waals surface area contributed by atoms with Gasteiger partial charge in [0.25, 0.3) is 0 Å². The van der Waals surface area contributed by atoms with Gasteiger partial charge in [-0.3, -0.25) is 10.00 Å². The number of sulfone groups is 1. The molecule has 0 spiro atoms. The molecule has 146 valence electrons. The number of nitrogens with one attached hydrogen (secondary N) is 1. The number of nitrogens with zero attached hydrogens (tertiary/aromatic N) is 4. The van der Waals surface area contributed by atoms with Crippen LogP contribution >= 0.6 is 0 Å². The molecule has 0 bridgehead atoms. The lowest BCUT2D eigenvalue weighted by Crippen LogP contribution is -2.31. The van der Waals surface area contributed by atoms with Crippen LogP contribution in [-0.4, -0.2) is 46.3 Å². The van der Waals surface area contributed by atoms with Crippen LogP contribution in [-0.2, 0) is 29.3 Å². The first-order valence-electron chi connectivity index (χ1n) is 8.55. The summed E-state index contributed by atoms with van der Waals surface area (Å²) in [6.45, 7) is 1.72. The van der Waals surface area contributed by atoms with Crippen LogP contribution in [0.2, 0.25) is 0 Å². The number of H-pyrrole nitrogens is 1. The number of hydrogen-bond donors (Lipinski definition) is 1. The fraction of sp³-hybridized carbons (Fsp3) is 0.278. The van der Waals surface area contributed by atoms with Crippen molar-refractivity contribution in [2.75, 3.05) is 12.8 Å². The molecule has 1 aliphatic heterocycles. The Hall–Kier alpha value is -2.72. The van der Waals surface area contributed by atoms with E-state index in [9.17, 15) is 17.2 Å². The van der Waals surface area contributed by atoms with Gasteiger partial charge in [0.1, 0.15) is 11.6 Å². The maximum Gasteiger partial charge on any atom is 0.246 e. The second kappa shape index (κ2) is 7.02. The average molecular weight is 405 g/mol. The number of rotatable bonds is 4. The second-order valence-electron chi connectivity index (χ2n) is 6.79. The van der Waals surface area contributed by atoms with E-state index in [0.29, 0.717) is 37.3 Å². The van der Waals surface area contributed by atoms with E-state index < -0.39 is 21.5 Å². The van der Waals surface area contributed by atoms with Crippen LogP contribution in [0.4, 0.5) is 8.78 Å². The third-order valence-electron chi connectivity index (χ3n) is 4.59. The molecule has 0 atom stereocenters. The molecular formula is C18H17F2N5O2S. The molecule has 0 saturated heterocycles. The highest BCUT2D eigenvalue weighted by Gasteiger charge is 2.22. The summed E-state index contributed by atoms with van der Waals surface area (Å²) in [5.41, 5.74) is 3.35. The third kappa shape index (κ3) is 3.78. The van der Waals surface area contributed by atoms with Crippen LogP contribution in [0.25, 0.3) is 11.3 Å². The molecule has 3 aromatic rings. The quantitative estimate of drug-likeness (QED) is 0.669. The molecule has 4 rings (SSSR count). The molecule has 28 heavy (non-hydrogen) atoms. The van der Waals surface area contributed by atoms with Gasteiger partial charge in [-0.1, -0.05) is 0 Å². The smallest absolute Gasteiger partial charge is 0.246 e. The highest BCUT2D eigenvalue weighted by molar-refractivity contribution is 7.90. The number of benzene rings is 1. The van der Waals surface area contributed by atoms with E-state index in [1.54, 1.807) is 12.4 Å². The number of aromatic nitrogens is 4. The van der Waals surface area contributed by atoms with E-state index in [1.165, 1.54) is 12.1 Å². The van der Waals surface area contributed by atoms with Gasteiger partial charge in [0, 0.05) is 61.3 Å². The lowest BCUT2D eigenvalue weighted by atomic mass is 10.0. The van der Waals surface area contributed by atoms with Gasteiger partial charge >= 0.3 is 0 Å². The lowest BCUT2D eigenvalue weighted by molar-refractivity contribution is 0.242. The van der Waals surface area contributed by atoms with Crippen molar-refractivity contribution in [1.29, 1.82) is 0 Å². The van der Waals surface area contributed by atoms with Crippen molar-refractivity contribution in [3.8, 4) is 11.3 Å². The monoisotopic (exact) mass is 405 g/mol. The average Bonchev–Trinajstić information content (AvgIpc) is 3.08. The van der Waals surface area contributed by atoms with Gasteiger partial charge in [0.2, 0.25) is 15.0 Å². The largest absolute Gasteiger partial charge is 0.294 e. The molecule has 1 N–H and O–H groups in total. The highest BCUT2D eigenvalue weighted by Crippen LogP contribution is 2.26. The molecule has 0 saturated carbocycles. The minimum atomic E-state index is -3.44. The molecule has 3 heterocycles. The Morgan fingerprint density at radius 1 is 1.18 bits per heavy atom. The molecule has 0 fully saturated rings. The van der Waals surface area contributed by atoms with E-state index in [-0.39, 0.29) is 5.16 Å². The van der Waals surface area contributed by atoms with Crippen LogP contribution in [0.15, 0.2) is 35.7 Å². The van der Waals surface area contributed by atoms with Gasteiger partial charge < -0.3 is 0 Å². The van der Waals surface area contributed by atoms with Crippen LogP contribution in [0.1, 0.15) is 16.8 Å². The zero-order valence-corrected chi connectivity index (χ0v) is 15.8. The van der Waals surface area contributed by atoms with Gasteiger partial charge in [-0.2, -0.15) is 5.10 Å². The molecule has 0 aliphatic carbocycles. The van der Waals surface area contributed by atoms with Gasteiger partial charge in [0.15, 0.2) is 0 Å². The maximum absolute atomic E-state index is 13.6. The normalized spacial score (nSPS) is 14.8. The van der Waals surface area contributed by atoms with Gasteiger partial charge in [-0.25, -0.2) is 27.2 Å². The molecule has 1 aromatic carbocycles. The minimum Gasteiger partial charge on any atom is -0.294 e. The molecular weight excluding hydrogens is 388 g/mol. The molecule has 1 aliphatic rings. The van der Waals surface area contributed by atoms with Crippen LogP contribution in [0, 0.1) is 11.6 Å². The van der Waals surface area contributed by atoms with Crippen molar-refractivity contribution in [2.45, 2.75) is 24.7 Å². The first kappa shape index (κ1) is 18.6. The predicted molar refractivity (Wildman–Crippen MR) is 96.9 cm³/mol. The molecule has 0 radical (unpaired) electrons. The zero-order chi connectivity index (χ0) is 19.9. The first-order chi connectivity index (χ1) is 13.3. The zero-order valence-electron chi connectivity index (χ0n) is 15.0. The molecule has 7 nitrogen and oxygen atoms in total.